The van der Waals surface area contributed by atoms with Crippen molar-refractivity contribution in [3.8, 4) is 0 Å². The minimum Gasteiger partial charge on any atom is -0.378 e. The number of hydrogen-bond donors (Lipinski definition) is 1. The third-order valence-electron chi connectivity index (χ3n) is 7.19. The van der Waals surface area contributed by atoms with E-state index in [0.717, 1.165) is 30.5 Å². The van der Waals surface area contributed by atoms with Gasteiger partial charge in [-0.15, -0.1) is 0 Å². The van der Waals surface area contributed by atoms with E-state index in [1.54, 1.807) is 12.1 Å². The van der Waals surface area contributed by atoms with Crippen LogP contribution in [0.3, 0.4) is 0 Å². The molecular formula is C26H27FN4O2. The second-order valence-electron chi connectivity index (χ2n) is 9.34. The molecule has 1 amide bonds. The van der Waals surface area contributed by atoms with Gasteiger partial charge in [-0.1, -0.05) is 18.2 Å². The summed E-state index contributed by atoms with van der Waals surface area (Å²) in [6.07, 6.45) is 1.95. The summed E-state index contributed by atoms with van der Waals surface area (Å²) in [5.74, 6) is 0.501. The maximum absolute atomic E-state index is 14.6. The van der Waals surface area contributed by atoms with Gasteiger partial charge in [0.05, 0.1) is 24.4 Å². The van der Waals surface area contributed by atoms with E-state index >= 15 is 0 Å². The average Bonchev–Trinajstić information content (AvgIpc) is 3.35. The van der Waals surface area contributed by atoms with Crippen molar-refractivity contribution < 1.29 is 13.9 Å². The molecule has 0 radical (unpaired) electrons. The van der Waals surface area contributed by atoms with Gasteiger partial charge in [-0.05, 0) is 47.7 Å². The molecule has 33 heavy (non-hydrogen) atoms. The third kappa shape index (κ3) is 4.07. The molecule has 2 unspecified atom stereocenters. The summed E-state index contributed by atoms with van der Waals surface area (Å²) in [4.78, 5) is 21.8. The number of amides is 1. The number of pyridine rings is 1. The molecule has 1 saturated carbocycles. The Hall–Kier alpha value is -3.03. The fourth-order valence-corrected chi connectivity index (χ4v) is 5.46. The van der Waals surface area contributed by atoms with Crippen molar-refractivity contribution in [3.63, 3.8) is 0 Å². The Labute approximate surface area is 192 Å². The monoisotopic (exact) mass is 446 g/mol. The molecule has 2 atom stereocenters. The highest BCUT2D eigenvalue weighted by Gasteiger charge is 2.59. The van der Waals surface area contributed by atoms with E-state index in [1.807, 2.05) is 29.3 Å². The predicted molar refractivity (Wildman–Crippen MR) is 126 cm³/mol. The molecule has 0 bridgehead atoms. The Morgan fingerprint density at radius 2 is 1.88 bits per heavy atom. The van der Waals surface area contributed by atoms with Crippen LogP contribution in [0.5, 0.6) is 0 Å². The van der Waals surface area contributed by atoms with E-state index in [-0.39, 0.29) is 17.6 Å². The Kier molecular flexibility index (Phi) is 5.23. The first-order valence-corrected chi connectivity index (χ1v) is 11.6. The van der Waals surface area contributed by atoms with E-state index < -0.39 is 0 Å². The van der Waals surface area contributed by atoms with Crippen LogP contribution in [0.1, 0.15) is 5.56 Å². The van der Waals surface area contributed by atoms with Gasteiger partial charge >= 0.3 is 0 Å². The maximum atomic E-state index is 14.6. The summed E-state index contributed by atoms with van der Waals surface area (Å²) in [6.45, 7) is 5.26. The summed E-state index contributed by atoms with van der Waals surface area (Å²) in [7, 11) is 0. The van der Waals surface area contributed by atoms with Crippen molar-refractivity contribution in [2.24, 2.45) is 17.8 Å². The number of morpholine rings is 1. The number of aromatic nitrogens is 1. The molecule has 1 aromatic heterocycles. The number of rotatable bonds is 5. The molecule has 170 valence electrons. The fourth-order valence-electron chi connectivity index (χ4n) is 5.46. The van der Waals surface area contributed by atoms with Crippen LogP contribution in [0, 0.1) is 23.6 Å². The largest absolute Gasteiger partial charge is 0.378 e. The second kappa shape index (κ2) is 8.39. The van der Waals surface area contributed by atoms with Crippen molar-refractivity contribution in [2.75, 3.05) is 49.6 Å². The van der Waals surface area contributed by atoms with Crippen LogP contribution in [-0.4, -0.2) is 55.2 Å². The molecule has 3 aliphatic rings. The average molecular weight is 447 g/mol. The number of nitrogens with one attached hydrogen (secondary N) is 1. The summed E-state index contributed by atoms with van der Waals surface area (Å²) in [6, 6.07) is 15.3. The Morgan fingerprint density at radius 3 is 2.67 bits per heavy atom. The van der Waals surface area contributed by atoms with Gasteiger partial charge in [0.1, 0.15) is 5.82 Å². The number of carbonyl (C=O) groups excluding carboxylic acids is 1. The number of ether oxygens (including phenoxy) is 1. The Morgan fingerprint density at radius 1 is 1.09 bits per heavy atom. The summed E-state index contributed by atoms with van der Waals surface area (Å²) in [5.41, 5.74) is 3.31. The molecule has 2 aliphatic heterocycles. The minimum atomic E-state index is -0.305. The van der Waals surface area contributed by atoms with Crippen LogP contribution in [-0.2, 0) is 16.1 Å². The summed E-state index contributed by atoms with van der Waals surface area (Å²) < 4.78 is 20.0. The standard InChI is InChI=1S/C26H27FN4O2/c27-22-12-19(5-6-24(22)31-7-9-33-10-8-31)29-26(32)25-20-15-30(16-21(20)25)14-17-11-18-3-1-2-4-23(18)28-13-17/h1-6,11-13,20-21,25H,7-10,14-16H2,(H,29,32). The molecule has 7 heteroatoms. The number of hydrogen-bond acceptors (Lipinski definition) is 5. The van der Waals surface area contributed by atoms with E-state index in [2.05, 4.69) is 27.3 Å². The zero-order chi connectivity index (χ0) is 22.4. The highest BCUT2D eigenvalue weighted by atomic mass is 19.1. The number of carbonyl (C=O) groups is 1. The highest BCUT2D eigenvalue weighted by molar-refractivity contribution is 5.95. The molecule has 3 heterocycles. The molecule has 1 N–H and O–H groups in total. The Balaban J connectivity index is 1.04. The number of anilines is 2. The predicted octanol–water partition coefficient (Wildman–Crippen LogP) is 3.53. The van der Waals surface area contributed by atoms with Crippen LogP contribution >= 0.6 is 0 Å². The summed E-state index contributed by atoms with van der Waals surface area (Å²) >= 11 is 0. The first kappa shape index (κ1) is 20.6. The zero-order valence-electron chi connectivity index (χ0n) is 18.4. The van der Waals surface area contributed by atoms with Crippen molar-refractivity contribution in [1.82, 2.24) is 9.88 Å². The van der Waals surface area contributed by atoms with E-state index in [9.17, 15) is 9.18 Å². The number of para-hydroxylation sites is 1. The van der Waals surface area contributed by atoms with Gasteiger partial charge in [-0.3, -0.25) is 14.7 Å². The van der Waals surface area contributed by atoms with Crippen LogP contribution in [0.25, 0.3) is 10.9 Å². The van der Waals surface area contributed by atoms with Gasteiger partial charge < -0.3 is 15.0 Å². The normalized spacial score (nSPS) is 24.6. The molecule has 3 fully saturated rings. The van der Waals surface area contributed by atoms with Gasteiger partial charge in [-0.2, -0.15) is 0 Å². The first-order chi connectivity index (χ1) is 16.2. The Bertz CT molecular complexity index is 1180. The quantitative estimate of drug-likeness (QED) is 0.650. The lowest BCUT2D eigenvalue weighted by Gasteiger charge is -2.29. The number of fused-ring (bicyclic) bond motifs is 2. The van der Waals surface area contributed by atoms with Gasteiger partial charge in [0.15, 0.2) is 0 Å². The number of benzene rings is 2. The molecule has 1 aliphatic carbocycles. The number of piperidine rings is 1. The molecule has 2 saturated heterocycles. The van der Waals surface area contributed by atoms with Crippen LogP contribution in [0.2, 0.25) is 0 Å². The fraction of sp³-hybridized carbons (Fsp3) is 0.385. The van der Waals surface area contributed by atoms with Crippen molar-refractivity contribution in [1.29, 1.82) is 0 Å². The molecule has 6 nitrogen and oxygen atoms in total. The SMILES string of the molecule is O=C(Nc1ccc(N2CCOCC2)c(F)c1)C1C2CN(Cc3cnc4ccccc4c3)CC21. The topological polar surface area (TPSA) is 57.7 Å². The second-order valence-corrected chi connectivity index (χ2v) is 9.34. The number of nitrogens with zero attached hydrogens (tertiary/aromatic N) is 3. The molecule has 0 spiro atoms. The lowest BCUT2D eigenvalue weighted by atomic mass is 10.1. The van der Waals surface area contributed by atoms with E-state index in [0.29, 0.717) is 49.5 Å². The maximum Gasteiger partial charge on any atom is 0.228 e. The third-order valence-corrected chi connectivity index (χ3v) is 7.19. The summed E-state index contributed by atoms with van der Waals surface area (Å²) in [5, 5.41) is 4.09. The number of halogens is 1. The van der Waals surface area contributed by atoms with Crippen molar-refractivity contribution >= 4 is 28.2 Å². The lowest BCUT2D eigenvalue weighted by molar-refractivity contribution is -0.118. The van der Waals surface area contributed by atoms with Gasteiger partial charge in [0.25, 0.3) is 0 Å². The minimum absolute atomic E-state index is 0.00976. The lowest BCUT2D eigenvalue weighted by Crippen LogP contribution is -2.36. The van der Waals surface area contributed by atoms with E-state index in [4.69, 9.17) is 4.74 Å². The van der Waals surface area contributed by atoms with Crippen LogP contribution in [0.15, 0.2) is 54.7 Å². The van der Waals surface area contributed by atoms with Crippen LogP contribution in [0.4, 0.5) is 15.8 Å². The van der Waals surface area contributed by atoms with Gasteiger partial charge in [0.2, 0.25) is 5.91 Å². The van der Waals surface area contributed by atoms with Gasteiger partial charge in [-0.25, -0.2) is 4.39 Å². The van der Waals surface area contributed by atoms with Crippen molar-refractivity contribution in [2.45, 2.75) is 6.54 Å². The van der Waals surface area contributed by atoms with Gasteiger partial charge in [0, 0.05) is 55.9 Å². The molecular weight excluding hydrogens is 419 g/mol. The smallest absolute Gasteiger partial charge is 0.228 e. The van der Waals surface area contributed by atoms with Crippen LogP contribution < -0.4 is 10.2 Å². The highest BCUT2D eigenvalue weighted by Crippen LogP contribution is 2.52. The van der Waals surface area contributed by atoms with Crippen molar-refractivity contribution in [3.05, 3.63) is 66.1 Å². The molecule has 3 aromatic rings. The molecule has 2 aromatic carbocycles. The first-order valence-electron chi connectivity index (χ1n) is 11.6. The zero-order valence-corrected chi connectivity index (χ0v) is 18.4. The molecule has 6 rings (SSSR count). The van der Waals surface area contributed by atoms with E-state index in [1.165, 1.54) is 11.6 Å². The number of likely N-dealkylation sites (tertiary alicyclic amines) is 1.